The molecule has 0 saturated carbocycles. The van der Waals surface area contributed by atoms with Crippen LogP contribution in [0.5, 0.6) is 0 Å². The number of fused-ring (bicyclic) bond motifs is 3. The molecule has 1 unspecified atom stereocenters. The third kappa shape index (κ3) is 4.15. The van der Waals surface area contributed by atoms with E-state index in [0.29, 0.717) is 18.7 Å². The third-order valence-corrected chi connectivity index (χ3v) is 7.14. The maximum absolute atomic E-state index is 14.0. The number of nitrogens with zero attached hydrogens (tertiary/aromatic N) is 4. The van der Waals surface area contributed by atoms with Crippen molar-refractivity contribution in [2.24, 2.45) is 0 Å². The van der Waals surface area contributed by atoms with Crippen LogP contribution in [0, 0.1) is 5.82 Å². The summed E-state index contributed by atoms with van der Waals surface area (Å²) < 4.78 is 17.9. The van der Waals surface area contributed by atoms with Crippen molar-refractivity contribution in [1.82, 2.24) is 19.2 Å². The third-order valence-electron chi connectivity index (χ3n) is 6.85. The number of anilines is 1. The maximum Gasteiger partial charge on any atom is 0.322 e. The Balaban J connectivity index is 1.53. The van der Waals surface area contributed by atoms with Crippen LogP contribution in [0.4, 0.5) is 14.9 Å². The van der Waals surface area contributed by atoms with E-state index in [4.69, 9.17) is 16.7 Å². The molecule has 3 aromatic carbocycles. The topological polar surface area (TPSA) is 55.1 Å². The zero-order valence-electron chi connectivity index (χ0n) is 20.7. The van der Waals surface area contributed by atoms with Gasteiger partial charge in [-0.3, -0.25) is 0 Å². The summed E-state index contributed by atoms with van der Waals surface area (Å²) in [4.78, 5) is 15.8. The number of para-hydroxylation sites is 1. The molecule has 190 valence electrons. The molecule has 5 aromatic rings. The summed E-state index contributed by atoms with van der Waals surface area (Å²) in [5.74, 6) is 0.374. The summed E-state index contributed by atoms with van der Waals surface area (Å²) in [5, 5.41) is 7.86. The number of urea groups is 1. The largest absolute Gasteiger partial charge is 0.322 e. The van der Waals surface area contributed by atoms with Crippen molar-refractivity contribution in [2.75, 3.05) is 5.32 Å². The van der Waals surface area contributed by atoms with Crippen molar-refractivity contribution in [2.45, 2.75) is 25.9 Å². The number of carbonyl (C=O) groups excluding carboxylic acids is 1. The SMILES string of the molecule is CCc1nn(-c2ccccc2)c2c1CN(C(=O)Nc1ccc(F)c(Cl)c1)C(c1ccccc1)c1cccn1-2. The first-order valence-electron chi connectivity index (χ1n) is 12.5. The lowest BCUT2D eigenvalue weighted by Gasteiger charge is -2.31. The summed E-state index contributed by atoms with van der Waals surface area (Å²) in [5.41, 5.74) is 5.16. The summed E-state index contributed by atoms with van der Waals surface area (Å²) in [6.07, 6.45) is 2.73. The molecule has 1 N–H and O–H groups in total. The second-order valence-corrected chi connectivity index (χ2v) is 9.56. The standard InChI is InChI=1S/C30H25ClFN5O/c1-2-26-23-19-36(30(38)33-21-15-16-25(32)24(31)18-21)28(20-10-5-3-6-11-20)27-14-9-17-35(27)29(23)37(34-26)22-12-7-4-8-13-22/h3-18,28H,2,19H2,1H3,(H,33,38). The molecule has 6 nitrogen and oxygen atoms in total. The van der Waals surface area contributed by atoms with Crippen LogP contribution in [0.25, 0.3) is 11.5 Å². The molecule has 2 aromatic heterocycles. The molecule has 0 aliphatic carbocycles. The van der Waals surface area contributed by atoms with Gasteiger partial charge in [0.2, 0.25) is 0 Å². The zero-order valence-corrected chi connectivity index (χ0v) is 21.4. The van der Waals surface area contributed by atoms with Crippen LogP contribution in [-0.2, 0) is 13.0 Å². The van der Waals surface area contributed by atoms with Crippen molar-refractivity contribution in [3.05, 3.63) is 131 Å². The number of rotatable bonds is 4. The number of aryl methyl sites for hydroxylation is 1. The van der Waals surface area contributed by atoms with Crippen LogP contribution < -0.4 is 5.32 Å². The van der Waals surface area contributed by atoms with Gasteiger partial charge in [-0.1, -0.05) is 67.1 Å². The molecular formula is C30H25ClFN5O. The van der Waals surface area contributed by atoms with Crippen molar-refractivity contribution < 1.29 is 9.18 Å². The lowest BCUT2D eigenvalue weighted by molar-refractivity contribution is 0.194. The number of halogens is 2. The summed E-state index contributed by atoms with van der Waals surface area (Å²) in [6, 6.07) is 27.5. The molecule has 0 radical (unpaired) electrons. The number of nitrogens with one attached hydrogen (secondary N) is 1. The van der Waals surface area contributed by atoms with E-state index in [2.05, 4.69) is 16.8 Å². The van der Waals surface area contributed by atoms with Crippen molar-refractivity contribution in [3.63, 3.8) is 0 Å². The number of aromatic nitrogens is 3. The molecule has 0 fully saturated rings. The van der Waals surface area contributed by atoms with Gasteiger partial charge in [-0.25, -0.2) is 13.9 Å². The Kier molecular flexibility index (Phi) is 6.21. The molecule has 0 spiro atoms. The molecule has 0 saturated heterocycles. The lowest BCUT2D eigenvalue weighted by atomic mass is 10.0. The van der Waals surface area contributed by atoms with E-state index in [-0.39, 0.29) is 17.1 Å². The van der Waals surface area contributed by atoms with E-state index >= 15 is 0 Å². The molecule has 38 heavy (non-hydrogen) atoms. The average Bonchev–Trinajstić information content (AvgIpc) is 3.53. The van der Waals surface area contributed by atoms with Crippen LogP contribution >= 0.6 is 11.6 Å². The van der Waals surface area contributed by atoms with Crippen LogP contribution in [0.2, 0.25) is 5.02 Å². The second-order valence-electron chi connectivity index (χ2n) is 9.15. The highest BCUT2D eigenvalue weighted by Gasteiger charge is 2.36. The smallest absolute Gasteiger partial charge is 0.308 e. The van der Waals surface area contributed by atoms with Gasteiger partial charge in [0.1, 0.15) is 11.6 Å². The van der Waals surface area contributed by atoms with Crippen molar-refractivity contribution in [1.29, 1.82) is 0 Å². The van der Waals surface area contributed by atoms with Gasteiger partial charge >= 0.3 is 6.03 Å². The highest BCUT2D eigenvalue weighted by Crippen LogP contribution is 2.39. The Labute approximate surface area is 224 Å². The fourth-order valence-electron chi connectivity index (χ4n) is 5.10. The second kappa shape index (κ2) is 9.84. The Bertz CT molecular complexity index is 1610. The van der Waals surface area contributed by atoms with Crippen molar-refractivity contribution >= 4 is 23.3 Å². The highest BCUT2D eigenvalue weighted by molar-refractivity contribution is 6.31. The average molecular weight is 526 g/mol. The van der Waals surface area contributed by atoms with Gasteiger partial charge < -0.3 is 14.8 Å². The minimum Gasteiger partial charge on any atom is -0.308 e. The van der Waals surface area contributed by atoms with Crippen LogP contribution in [0.1, 0.15) is 35.5 Å². The minimum absolute atomic E-state index is 0.0492. The minimum atomic E-state index is -0.537. The number of benzene rings is 3. The molecule has 1 aliphatic heterocycles. The van der Waals surface area contributed by atoms with Crippen LogP contribution in [0.15, 0.2) is 97.2 Å². The molecule has 1 atom stereocenters. The number of amides is 2. The van der Waals surface area contributed by atoms with Crippen molar-refractivity contribution in [3.8, 4) is 11.5 Å². The predicted molar refractivity (Wildman–Crippen MR) is 147 cm³/mol. The zero-order chi connectivity index (χ0) is 26.2. The summed E-state index contributed by atoms with van der Waals surface area (Å²) in [7, 11) is 0. The van der Waals surface area contributed by atoms with Crippen LogP contribution in [-0.4, -0.2) is 25.3 Å². The highest BCUT2D eigenvalue weighted by atomic mass is 35.5. The van der Waals surface area contributed by atoms with E-state index in [1.165, 1.54) is 18.2 Å². The Hall–Kier alpha value is -4.36. The molecule has 6 rings (SSSR count). The first kappa shape index (κ1) is 24.0. The van der Waals surface area contributed by atoms with E-state index in [1.54, 1.807) is 4.90 Å². The molecule has 2 amide bonds. The molecule has 3 heterocycles. The quantitative estimate of drug-likeness (QED) is 0.271. The Morgan fingerprint density at radius 1 is 1.03 bits per heavy atom. The van der Waals surface area contributed by atoms with E-state index in [1.807, 2.05) is 83.7 Å². The molecule has 8 heteroatoms. The fourth-order valence-corrected chi connectivity index (χ4v) is 5.28. The summed E-state index contributed by atoms with van der Waals surface area (Å²) >= 11 is 6.00. The van der Waals surface area contributed by atoms with Gasteiger partial charge in [0.15, 0.2) is 0 Å². The first-order valence-corrected chi connectivity index (χ1v) is 12.8. The van der Waals surface area contributed by atoms with E-state index in [0.717, 1.165) is 34.0 Å². The Morgan fingerprint density at radius 2 is 1.76 bits per heavy atom. The van der Waals surface area contributed by atoms with Gasteiger partial charge in [-0.2, -0.15) is 5.10 Å². The number of carbonyl (C=O) groups is 1. The van der Waals surface area contributed by atoms with Gasteiger partial charge in [0.05, 0.1) is 34.7 Å². The number of hydrogen-bond acceptors (Lipinski definition) is 2. The molecule has 1 aliphatic rings. The van der Waals surface area contributed by atoms with Gasteiger partial charge in [0, 0.05) is 17.4 Å². The monoisotopic (exact) mass is 525 g/mol. The van der Waals surface area contributed by atoms with Gasteiger partial charge in [-0.15, -0.1) is 0 Å². The number of hydrogen-bond donors (Lipinski definition) is 1. The predicted octanol–water partition coefficient (Wildman–Crippen LogP) is 7.16. The molecular weight excluding hydrogens is 501 g/mol. The Morgan fingerprint density at radius 3 is 2.47 bits per heavy atom. The first-order chi connectivity index (χ1) is 18.5. The maximum atomic E-state index is 14.0. The normalized spacial score (nSPS) is 14.5. The lowest BCUT2D eigenvalue weighted by Crippen LogP contribution is -2.38. The van der Waals surface area contributed by atoms with Crippen LogP contribution in [0.3, 0.4) is 0 Å². The van der Waals surface area contributed by atoms with Gasteiger partial charge in [-0.05, 0) is 54.4 Å². The van der Waals surface area contributed by atoms with E-state index < -0.39 is 5.82 Å². The van der Waals surface area contributed by atoms with Gasteiger partial charge in [0.25, 0.3) is 0 Å². The van der Waals surface area contributed by atoms with E-state index in [9.17, 15) is 9.18 Å². The summed E-state index contributed by atoms with van der Waals surface area (Å²) in [6.45, 7) is 2.40. The fraction of sp³-hybridized carbons (Fsp3) is 0.133. The molecule has 0 bridgehead atoms.